The molecule has 2 fully saturated rings. The normalized spacial score (nSPS) is 27.4. The van der Waals surface area contributed by atoms with Gasteiger partial charge in [0.15, 0.2) is 0 Å². The highest BCUT2D eigenvalue weighted by atomic mass is 15.1. The number of rotatable bonds is 4. The Balaban J connectivity index is 1.69. The number of hydrogen-bond donors (Lipinski definition) is 1. The molecular formula is C15H24N4. The molecule has 0 unspecified atom stereocenters. The summed E-state index contributed by atoms with van der Waals surface area (Å²) in [6.07, 6.45) is 10.2. The van der Waals surface area contributed by atoms with Gasteiger partial charge in [-0.15, -0.1) is 0 Å². The molecule has 0 radical (unpaired) electrons. The Morgan fingerprint density at radius 3 is 1.89 bits per heavy atom. The maximum absolute atomic E-state index is 5.84. The van der Waals surface area contributed by atoms with Crippen molar-refractivity contribution in [3.8, 4) is 0 Å². The van der Waals surface area contributed by atoms with Crippen LogP contribution < -0.4 is 5.73 Å². The molecule has 2 N–H and O–H groups in total. The summed E-state index contributed by atoms with van der Waals surface area (Å²) in [6, 6.07) is 0. The Bertz CT molecular complexity index is 434. The highest BCUT2D eigenvalue weighted by Crippen LogP contribution is 2.40. The molecule has 0 atom stereocenters. The molecule has 4 nitrogen and oxygen atoms in total. The van der Waals surface area contributed by atoms with E-state index in [4.69, 9.17) is 5.73 Å². The minimum atomic E-state index is 0.419. The molecular weight excluding hydrogens is 236 g/mol. The van der Waals surface area contributed by atoms with E-state index in [0.717, 1.165) is 17.6 Å². The van der Waals surface area contributed by atoms with Crippen molar-refractivity contribution in [3.05, 3.63) is 11.6 Å². The van der Waals surface area contributed by atoms with Crippen LogP contribution in [-0.4, -0.2) is 15.0 Å². The van der Waals surface area contributed by atoms with Gasteiger partial charge in [-0.25, -0.2) is 4.98 Å². The second-order valence-corrected chi connectivity index (χ2v) is 6.19. The van der Waals surface area contributed by atoms with Crippen molar-refractivity contribution >= 4 is 5.95 Å². The van der Waals surface area contributed by atoms with Crippen LogP contribution in [0.25, 0.3) is 0 Å². The van der Waals surface area contributed by atoms with E-state index in [0.29, 0.717) is 17.8 Å². The monoisotopic (exact) mass is 260 g/mol. The zero-order valence-electron chi connectivity index (χ0n) is 11.8. The molecule has 2 saturated carbocycles. The van der Waals surface area contributed by atoms with Crippen molar-refractivity contribution in [2.75, 3.05) is 5.73 Å². The summed E-state index contributed by atoms with van der Waals surface area (Å²) in [6.45, 7) is 2.28. The van der Waals surface area contributed by atoms with E-state index < -0.39 is 0 Å². The molecule has 104 valence electrons. The van der Waals surface area contributed by atoms with E-state index in [1.165, 1.54) is 51.4 Å². The highest BCUT2D eigenvalue weighted by Gasteiger charge is 2.30. The van der Waals surface area contributed by atoms with Gasteiger partial charge in [0.1, 0.15) is 11.6 Å². The first-order valence-corrected chi connectivity index (χ1v) is 7.77. The second-order valence-electron chi connectivity index (χ2n) is 6.19. The van der Waals surface area contributed by atoms with Gasteiger partial charge in [-0.3, -0.25) is 0 Å². The molecule has 1 heterocycles. The largest absolute Gasteiger partial charge is 0.368 e. The predicted octanol–water partition coefficient (Wildman–Crippen LogP) is 3.41. The molecule has 19 heavy (non-hydrogen) atoms. The first-order chi connectivity index (χ1) is 9.26. The van der Waals surface area contributed by atoms with Crippen LogP contribution in [-0.2, 0) is 0 Å². The Hall–Kier alpha value is -1.19. The van der Waals surface area contributed by atoms with Gasteiger partial charge < -0.3 is 5.73 Å². The maximum Gasteiger partial charge on any atom is 0.223 e. The SMILES string of the molecule is CCCC1CCC(c2nc(N)nc(C3CC3)n2)CC1. The molecule has 0 spiro atoms. The van der Waals surface area contributed by atoms with E-state index in [9.17, 15) is 0 Å². The molecule has 3 rings (SSSR count). The lowest BCUT2D eigenvalue weighted by molar-refractivity contribution is 0.302. The average Bonchev–Trinajstić information content (AvgIpc) is 3.23. The number of nitrogens with two attached hydrogens (primary N) is 1. The Morgan fingerprint density at radius 1 is 0.895 bits per heavy atom. The number of nitrogens with zero attached hydrogens (tertiary/aromatic N) is 3. The molecule has 0 saturated heterocycles. The van der Waals surface area contributed by atoms with Gasteiger partial charge in [-0.1, -0.05) is 19.8 Å². The lowest BCUT2D eigenvalue weighted by Gasteiger charge is -2.27. The summed E-state index contributed by atoms with van der Waals surface area (Å²) in [5.74, 6) is 4.31. The van der Waals surface area contributed by atoms with Crippen molar-refractivity contribution < 1.29 is 0 Å². The Labute approximate surface area is 115 Å². The fraction of sp³-hybridized carbons (Fsp3) is 0.800. The van der Waals surface area contributed by atoms with Gasteiger partial charge in [-0.2, -0.15) is 9.97 Å². The van der Waals surface area contributed by atoms with Gasteiger partial charge in [0.2, 0.25) is 5.95 Å². The van der Waals surface area contributed by atoms with Crippen LogP contribution >= 0.6 is 0 Å². The van der Waals surface area contributed by atoms with Crippen molar-refractivity contribution in [2.45, 2.75) is 70.1 Å². The van der Waals surface area contributed by atoms with E-state index >= 15 is 0 Å². The third kappa shape index (κ3) is 3.04. The van der Waals surface area contributed by atoms with Crippen LogP contribution in [0.1, 0.15) is 81.8 Å². The fourth-order valence-electron chi connectivity index (χ4n) is 3.25. The van der Waals surface area contributed by atoms with Gasteiger partial charge in [0.05, 0.1) is 0 Å². The Kier molecular flexibility index (Phi) is 3.67. The second kappa shape index (κ2) is 5.43. The van der Waals surface area contributed by atoms with Crippen LogP contribution in [0.3, 0.4) is 0 Å². The molecule has 0 aromatic carbocycles. The first-order valence-electron chi connectivity index (χ1n) is 7.77. The summed E-state index contributed by atoms with van der Waals surface area (Å²) in [7, 11) is 0. The molecule has 1 aromatic rings. The smallest absolute Gasteiger partial charge is 0.223 e. The van der Waals surface area contributed by atoms with Crippen molar-refractivity contribution in [2.24, 2.45) is 5.92 Å². The number of nitrogen functional groups attached to an aromatic ring is 1. The average molecular weight is 260 g/mol. The molecule has 0 bridgehead atoms. The molecule has 2 aliphatic carbocycles. The van der Waals surface area contributed by atoms with Crippen molar-refractivity contribution in [1.29, 1.82) is 0 Å². The summed E-state index contributed by atoms with van der Waals surface area (Å²) in [5, 5.41) is 0. The van der Waals surface area contributed by atoms with Crippen LogP contribution in [0, 0.1) is 5.92 Å². The predicted molar refractivity (Wildman–Crippen MR) is 75.8 cm³/mol. The molecule has 2 aliphatic rings. The maximum atomic E-state index is 5.84. The lowest BCUT2D eigenvalue weighted by atomic mass is 9.80. The number of hydrogen-bond acceptors (Lipinski definition) is 4. The number of anilines is 1. The lowest BCUT2D eigenvalue weighted by Crippen LogP contribution is -2.17. The van der Waals surface area contributed by atoms with Crippen LogP contribution in [0.5, 0.6) is 0 Å². The number of aromatic nitrogens is 3. The summed E-state index contributed by atoms with van der Waals surface area (Å²) >= 11 is 0. The minimum Gasteiger partial charge on any atom is -0.368 e. The molecule has 0 aliphatic heterocycles. The van der Waals surface area contributed by atoms with Crippen molar-refractivity contribution in [1.82, 2.24) is 15.0 Å². The zero-order chi connectivity index (χ0) is 13.2. The summed E-state index contributed by atoms with van der Waals surface area (Å²) in [5.41, 5.74) is 5.84. The van der Waals surface area contributed by atoms with E-state index in [1.807, 2.05) is 0 Å². The van der Waals surface area contributed by atoms with Gasteiger partial charge in [-0.05, 0) is 44.4 Å². The first kappa shape index (κ1) is 12.8. The zero-order valence-corrected chi connectivity index (χ0v) is 11.8. The van der Waals surface area contributed by atoms with Gasteiger partial charge in [0, 0.05) is 11.8 Å². The highest BCUT2D eigenvalue weighted by molar-refractivity contribution is 5.21. The summed E-state index contributed by atoms with van der Waals surface area (Å²) < 4.78 is 0. The topological polar surface area (TPSA) is 64.7 Å². The molecule has 4 heteroatoms. The van der Waals surface area contributed by atoms with Gasteiger partial charge in [0.25, 0.3) is 0 Å². The quantitative estimate of drug-likeness (QED) is 0.901. The van der Waals surface area contributed by atoms with E-state index in [-0.39, 0.29) is 0 Å². The van der Waals surface area contributed by atoms with E-state index in [1.54, 1.807) is 0 Å². The van der Waals surface area contributed by atoms with Crippen LogP contribution in [0.4, 0.5) is 5.95 Å². The van der Waals surface area contributed by atoms with E-state index in [2.05, 4.69) is 21.9 Å². The molecule has 0 amide bonds. The summed E-state index contributed by atoms with van der Waals surface area (Å²) in [4.78, 5) is 13.4. The third-order valence-electron chi connectivity index (χ3n) is 4.54. The van der Waals surface area contributed by atoms with Crippen LogP contribution in [0.2, 0.25) is 0 Å². The standard InChI is InChI=1S/C15H24N4/c1-2-3-10-4-6-11(7-5-10)13-17-14(12-8-9-12)19-15(16)18-13/h10-12H,2-9H2,1H3,(H2,16,17,18,19). The van der Waals surface area contributed by atoms with Crippen LogP contribution in [0.15, 0.2) is 0 Å². The minimum absolute atomic E-state index is 0.419. The van der Waals surface area contributed by atoms with Gasteiger partial charge >= 0.3 is 0 Å². The third-order valence-corrected chi connectivity index (χ3v) is 4.54. The van der Waals surface area contributed by atoms with Crippen molar-refractivity contribution in [3.63, 3.8) is 0 Å². The molecule has 1 aromatic heterocycles. The Morgan fingerprint density at radius 2 is 1.42 bits per heavy atom. The fourth-order valence-corrected chi connectivity index (χ4v) is 3.25.